The molecule has 1 N–H and O–H groups in total. The van der Waals surface area contributed by atoms with Crippen LogP contribution in [0.25, 0.3) is 10.2 Å². The number of thiazole rings is 1. The molecule has 7 nitrogen and oxygen atoms in total. The molecule has 0 amide bonds. The molecule has 164 valence electrons. The maximum Gasteiger partial charge on any atom is 0.308 e. The summed E-state index contributed by atoms with van der Waals surface area (Å²) in [7, 11) is -3.78. The van der Waals surface area contributed by atoms with Crippen LogP contribution in [0.5, 0.6) is 11.5 Å². The lowest BCUT2D eigenvalue weighted by Gasteiger charge is -2.26. The number of benzene rings is 3. The average Bonchev–Trinajstić information content (AvgIpc) is 3.12. The van der Waals surface area contributed by atoms with Crippen LogP contribution in [0.2, 0.25) is 0 Å². The molecule has 1 atom stereocenters. The number of nitrogens with zero attached hydrogens (tertiary/aromatic N) is 1. The molecule has 5 rings (SSSR count). The van der Waals surface area contributed by atoms with Crippen molar-refractivity contribution in [1.82, 2.24) is 9.29 Å². The highest BCUT2D eigenvalue weighted by atomic mass is 32.2. The maximum absolute atomic E-state index is 12.9. The zero-order valence-electron chi connectivity index (χ0n) is 16.9. The van der Waals surface area contributed by atoms with E-state index in [-0.39, 0.29) is 22.9 Å². The van der Waals surface area contributed by atoms with Crippen LogP contribution < -0.4 is 19.1 Å². The SMILES string of the molecule is O=c1sc2cc(S(=O)(=O)NC[C@H]3COc4ccccc4O3)ccc2n1Cc1ccccc1. The minimum atomic E-state index is -3.78. The fourth-order valence-electron chi connectivity index (χ4n) is 3.58. The summed E-state index contributed by atoms with van der Waals surface area (Å²) in [4.78, 5) is 12.5. The lowest BCUT2D eigenvalue weighted by Crippen LogP contribution is -2.40. The lowest BCUT2D eigenvalue weighted by atomic mass is 10.2. The third kappa shape index (κ3) is 4.14. The van der Waals surface area contributed by atoms with Crippen molar-refractivity contribution >= 4 is 31.6 Å². The number of hydrogen-bond donors (Lipinski definition) is 1. The van der Waals surface area contributed by atoms with Crippen molar-refractivity contribution in [2.45, 2.75) is 17.5 Å². The zero-order chi connectivity index (χ0) is 22.1. The average molecular weight is 469 g/mol. The van der Waals surface area contributed by atoms with Crippen molar-refractivity contribution in [3.8, 4) is 11.5 Å². The first-order valence-electron chi connectivity index (χ1n) is 10.0. The van der Waals surface area contributed by atoms with Crippen molar-refractivity contribution in [2.24, 2.45) is 0 Å². The molecule has 0 aliphatic carbocycles. The summed E-state index contributed by atoms with van der Waals surface area (Å²) < 4.78 is 42.0. The van der Waals surface area contributed by atoms with E-state index in [0.717, 1.165) is 16.9 Å². The third-order valence-electron chi connectivity index (χ3n) is 5.20. The Hall–Kier alpha value is -3.14. The molecule has 3 aromatic carbocycles. The first-order valence-corrected chi connectivity index (χ1v) is 12.3. The van der Waals surface area contributed by atoms with Gasteiger partial charge in [0.25, 0.3) is 0 Å². The van der Waals surface area contributed by atoms with E-state index in [4.69, 9.17) is 9.47 Å². The quantitative estimate of drug-likeness (QED) is 0.470. The third-order valence-corrected chi connectivity index (χ3v) is 7.57. The predicted molar refractivity (Wildman–Crippen MR) is 123 cm³/mol. The van der Waals surface area contributed by atoms with Crippen LogP contribution in [0, 0.1) is 0 Å². The Morgan fingerprint density at radius 1 is 1.00 bits per heavy atom. The van der Waals surface area contributed by atoms with E-state index in [1.165, 1.54) is 6.07 Å². The van der Waals surface area contributed by atoms with Gasteiger partial charge < -0.3 is 9.47 Å². The van der Waals surface area contributed by atoms with E-state index in [1.54, 1.807) is 28.8 Å². The molecular weight excluding hydrogens is 448 g/mol. The standard InChI is InChI=1S/C23H20N2O5S2/c26-23-25(14-16-6-2-1-3-7-16)19-11-10-18(12-22(19)31-23)32(27,28)24-13-17-15-29-20-8-4-5-9-21(20)30-17/h1-12,17,24H,13-15H2/t17-/m0/s1. The normalized spacial score (nSPS) is 15.7. The largest absolute Gasteiger partial charge is 0.486 e. The van der Waals surface area contributed by atoms with Crippen LogP contribution in [0.1, 0.15) is 5.56 Å². The van der Waals surface area contributed by atoms with Gasteiger partial charge in [0.2, 0.25) is 10.0 Å². The second-order valence-corrected chi connectivity index (χ2v) is 10.2. The number of hydrogen-bond acceptors (Lipinski definition) is 6. The van der Waals surface area contributed by atoms with Gasteiger partial charge in [0.1, 0.15) is 12.7 Å². The molecule has 1 aliphatic rings. The first kappa shape index (κ1) is 20.7. The number of para-hydroxylation sites is 2. The number of aromatic nitrogens is 1. The molecule has 0 saturated carbocycles. The summed E-state index contributed by atoms with van der Waals surface area (Å²) in [6, 6.07) is 21.7. The van der Waals surface area contributed by atoms with Crippen LogP contribution in [0.4, 0.5) is 0 Å². The molecule has 32 heavy (non-hydrogen) atoms. The van der Waals surface area contributed by atoms with E-state index in [2.05, 4.69) is 4.72 Å². The van der Waals surface area contributed by atoms with Gasteiger partial charge in [-0.25, -0.2) is 13.1 Å². The molecule has 0 unspecified atom stereocenters. The molecule has 0 bridgehead atoms. The number of ether oxygens (including phenoxy) is 2. The highest BCUT2D eigenvalue weighted by Crippen LogP contribution is 2.31. The molecule has 0 saturated heterocycles. The van der Waals surface area contributed by atoms with Crippen molar-refractivity contribution in [3.63, 3.8) is 0 Å². The molecule has 2 heterocycles. The summed E-state index contributed by atoms with van der Waals surface area (Å²) in [6.07, 6.45) is -0.439. The van der Waals surface area contributed by atoms with E-state index < -0.39 is 16.1 Å². The van der Waals surface area contributed by atoms with Gasteiger partial charge in [0, 0.05) is 0 Å². The molecule has 9 heteroatoms. The van der Waals surface area contributed by atoms with Gasteiger partial charge >= 0.3 is 4.87 Å². The van der Waals surface area contributed by atoms with Gasteiger partial charge in [-0.05, 0) is 35.9 Å². The lowest BCUT2D eigenvalue weighted by molar-refractivity contribution is 0.0943. The molecular formula is C23H20N2O5S2. The Bertz CT molecular complexity index is 1430. The van der Waals surface area contributed by atoms with Crippen LogP contribution >= 0.6 is 11.3 Å². The van der Waals surface area contributed by atoms with Crippen LogP contribution in [0.15, 0.2) is 82.5 Å². The van der Waals surface area contributed by atoms with E-state index in [9.17, 15) is 13.2 Å². The van der Waals surface area contributed by atoms with Crippen molar-refractivity contribution in [1.29, 1.82) is 0 Å². The Kier molecular flexibility index (Phi) is 5.46. The zero-order valence-corrected chi connectivity index (χ0v) is 18.6. The molecule has 4 aromatic rings. The molecule has 1 aromatic heterocycles. The second kappa shape index (κ2) is 8.42. The van der Waals surface area contributed by atoms with Crippen LogP contribution in [-0.2, 0) is 16.6 Å². The smallest absolute Gasteiger partial charge is 0.308 e. The fourth-order valence-corrected chi connectivity index (χ4v) is 5.68. The van der Waals surface area contributed by atoms with Crippen molar-refractivity contribution < 1.29 is 17.9 Å². The summed E-state index contributed by atoms with van der Waals surface area (Å²) in [5, 5.41) is 0. The summed E-state index contributed by atoms with van der Waals surface area (Å²) in [5.74, 6) is 1.24. The highest BCUT2D eigenvalue weighted by Gasteiger charge is 2.24. The van der Waals surface area contributed by atoms with E-state index in [0.29, 0.717) is 28.3 Å². The summed E-state index contributed by atoms with van der Waals surface area (Å²) >= 11 is 1.04. The van der Waals surface area contributed by atoms with Gasteiger partial charge in [-0.3, -0.25) is 9.36 Å². The van der Waals surface area contributed by atoms with Gasteiger partial charge in [0.05, 0.1) is 28.2 Å². The van der Waals surface area contributed by atoms with Crippen molar-refractivity contribution in [2.75, 3.05) is 13.2 Å². The van der Waals surface area contributed by atoms with Gasteiger partial charge in [-0.1, -0.05) is 53.8 Å². The molecule has 0 radical (unpaired) electrons. The fraction of sp³-hybridized carbons (Fsp3) is 0.174. The number of fused-ring (bicyclic) bond motifs is 2. The van der Waals surface area contributed by atoms with Crippen molar-refractivity contribution in [3.05, 3.63) is 88.0 Å². The number of sulfonamides is 1. The summed E-state index contributed by atoms with van der Waals surface area (Å²) in [5.41, 5.74) is 1.72. The van der Waals surface area contributed by atoms with Gasteiger partial charge in [-0.2, -0.15) is 0 Å². The Labute approximate surface area is 188 Å². The molecule has 1 aliphatic heterocycles. The number of nitrogens with one attached hydrogen (secondary N) is 1. The Morgan fingerprint density at radius 2 is 1.75 bits per heavy atom. The Morgan fingerprint density at radius 3 is 2.56 bits per heavy atom. The van der Waals surface area contributed by atoms with Gasteiger partial charge in [-0.15, -0.1) is 0 Å². The van der Waals surface area contributed by atoms with E-state index in [1.807, 2.05) is 42.5 Å². The topological polar surface area (TPSA) is 86.6 Å². The molecule has 0 spiro atoms. The Balaban J connectivity index is 1.33. The maximum atomic E-state index is 12.9. The predicted octanol–water partition coefficient (Wildman–Crippen LogP) is 3.23. The monoisotopic (exact) mass is 468 g/mol. The van der Waals surface area contributed by atoms with Crippen LogP contribution in [-0.4, -0.2) is 32.2 Å². The minimum absolute atomic E-state index is 0.0694. The first-order chi connectivity index (χ1) is 15.5. The number of rotatable bonds is 6. The summed E-state index contributed by atoms with van der Waals surface area (Å²) in [6.45, 7) is 0.757. The van der Waals surface area contributed by atoms with Crippen LogP contribution in [0.3, 0.4) is 0 Å². The minimum Gasteiger partial charge on any atom is -0.486 e. The highest BCUT2D eigenvalue weighted by molar-refractivity contribution is 7.89. The van der Waals surface area contributed by atoms with E-state index >= 15 is 0 Å². The van der Waals surface area contributed by atoms with Gasteiger partial charge in [0.15, 0.2) is 11.5 Å². The second-order valence-electron chi connectivity index (χ2n) is 7.42. The molecule has 0 fully saturated rings.